The van der Waals surface area contributed by atoms with E-state index in [9.17, 15) is 18.3 Å². The van der Waals surface area contributed by atoms with Gasteiger partial charge in [-0.2, -0.15) is 0 Å². The van der Waals surface area contributed by atoms with E-state index in [1.165, 1.54) is 11.4 Å². The zero-order valence-electron chi connectivity index (χ0n) is 12.9. The molecule has 1 amide bonds. The number of amides is 1. The quantitative estimate of drug-likeness (QED) is 0.869. The number of rotatable bonds is 3. The fraction of sp³-hybridized carbons (Fsp3) is 0.312. The number of thiophene rings is 1. The molecule has 1 aliphatic rings. The number of nitrogens with zero attached hydrogens (tertiary/aromatic N) is 1. The van der Waals surface area contributed by atoms with E-state index in [1.807, 2.05) is 12.1 Å². The van der Waals surface area contributed by atoms with E-state index in [0.717, 1.165) is 29.7 Å². The predicted molar refractivity (Wildman–Crippen MR) is 91.7 cm³/mol. The standard InChI is InChI=1S/C16H18N2O4S2/c17-24(21,22)15-9-13(10-23-15)16(20)18-7-5-12(6-8-18)11-1-3-14(19)4-2-11/h1-4,9-10,12,19H,5-8H2,(H2,17,21,22). The molecule has 0 unspecified atom stereocenters. The summed E-state index contributed by atoms with van der Waals surface area (Å²) in [6.45, 7) is 1.23. The SMILES string of the molecule is NS(=O)(=O)c1cc(C(=O)N2CCC(c3ccc(O)cc3)CC2)cs1. The highest BCUT2D eigenvalue weighted by Crippen LogP contribution is 2.30. The summed E-state index contributed by atoms with van der Waals surface area (Å²) in [5.41, 5.74) is 1.53. The van der Waals surface area contributed by atoms with Crippen molar-refractivity contribution >= 4 is 27.3 Å². The zero-order chi connectivity index (χ0) is 17.3. The van der Waals surface area contributed by atoms with Crippen LogP contribution in [0.5, 0.6) is 5.75 Å². The fourth-order valence-electron chi connectivity index (χ4n) is 2.92. The summed E-state index contributed by atoms with van der Waals surface area (Å²) < 4.78 is 22.6. The van der Waals surface area contributed by atoms with Gasteiger partial charge < -0.3 is 10.0 Å². The van der Waals surface area contributed by atoms with E-state index in [0.29, 0.717) is 24.6 Å². The molecule has 6 nitrogen and oxygen atoms in total. The molecular weight excluding hydrogens is 348 g/mol. The van der Waals surface area contributed by atoms with Gasteiger partial charge in [0, 0.05) is 18.5 Å². The maximum Gasteiger partial charge on any atom is 0.254 e. The van der Waals surface area contributed by atoms with Gasteiger partial charge in [0.15, 0.2) is 0 Å². The van der Waals surface area contributed by atoms with Crippen molar-refractivity contribution in [2.75, 3.05) is 13.1 Å². The summed E-state index contributed by atoms with van der Waals surface area (Å²) in [7, 11) is -3.77. The molecule has 8 heteroatoms. The summed E-state index contributed by atoms with van der Waals surface area (Å²) in [6, 6.07) is 8.51. The number of benzene rings is 1. The number of aromatic hydroxyl groups is 1. The Labute approximate surface area is 144 Å². The Morgan fingerprint density at radius 2 is 1.83 bits per heavy atom. The highest BCUT2D eigenvalue weighted by molar-refractivity contribution is 7.91. The molecule has 0 saturated carbocycles. The van der Waals surface area contributed by atoms with Gasteiger partial charge in [0.2, 0.25) is 10.0 Å². The average Bonchev–Trinajstić information content (AvgIpc) is 3.05. The van der Waals surface area contributed by atoms with Crippen molar-refractivity contribution in [1.29, 1.82) is 0 Å². The first-order valence-electron chi connectivity index (χ1n) is 7.54. The highest BCUT2D eigenvalue weighted by Gasteiger charge is 2.26. The second-order valence-electron chi connectivity index (χ2n) is 5.86. The van der Waals surface area contributed by atoms with E-state index < -0.39 is 10.0 Å². The Morgan fingerprint density at radius 3 is 2.38 bits per heavy atom. The number of sulfonamides is 1. The molecule has 24 heavy (non-hydrogen) atoms. The molecule has 128 valence electrons. The molecule has 1 aromatic carbocycles. The van der Waals surface area contributed by atoms with E-state index in [1.54, 1.807) is 17.0 Å². The van der Waals surface area contributed by atoms with Gasteiger partial charge in [0.1, 0.15) is 9.96 Å². The summed E-state index contributed by atoms with van der Waals surface area (Å²) in [4.78, 5) is 14.2. The summed E-state index contributed by atoms with van der Waals surface area (Å²) in [5, 5.41) is 16.0. The summed E-state index contributed by atoms with van der Waals surface area (Å²) >= 11 is 0.963. The van der Waals surface area contributed by atoms with Crippen molar-refractivity contribution in [3.63, 3.8) is 0 Å². The van der Waals surface area contributed by atoms with Crippen LogP contribution in [-0.2, 0) is 10.0 Å². The molecule has 2 heterocycles. The van der Waals surface area contributed by atoms with Gasteiger partial charge in [-0.15, -0.1) is 11.3 Å². The van der Waals surface area contributed by atoms with Gasteiger partial charge in [-0.1, -0.05) is 12.1 Å². The van der Waals surface area contributed by atoms with Crippen molar-refractivity contribution < 1.29 is 18.3 Å². The molecule has 0 atom stereocenters. The van der Waals surface area contributed by atoms with Crippen LogP contribution in [0.4, 0.5) is 0 Å². The minimum absolute atomic E-state index is 0.00447. The molecule has 2 aromatic rings. The monoisotopic (exact) mass is 366 g/mol. The average molecular weight is 366 g/mol. The number of nitrogens with two attached hydrogens (primary N) is 1. The van der Waals surface area contributed by atoms with Gasteiger partial charge in [-0.25, -0.2) is 13.6 Å². The highest BCUT2D eigenvalue weighted by atomic mass is 32.2. The number of phenols is 1. The Morgan fingerprint density at radius 1 is 1.21 bits per heavy atom. The van der Waals surface area contributed by atoms with Gasteiger partial charge in [0.05, 0.1) is 5.56 Å². The molecule has 3 N–H and O–H groups in total. The van der Waals surface area contributed by atoms with Crippen LogP contribution in [0.3, 0.4) is 0 Å². The zero-order valence-corrected chi connectivity index (χ0v) is 14.5. The van der Waals surface area contributed by atoms with Crippen LogP contribution in [0.15, 0.2) is 39.9 Å². The van der Waals surface area contributed by atoms with Crippen molar-refractivity contribution in [3.8, 4) is 5.75 Å². The molecule has 1 aliphatic heterocycles. The number of phenolic OH excluding ortho intramolecular Hbond substituents is 1. The first-order valence-corrected chi connectivity index (χ1v) is 9.97. The smallest absolute Gasteiger partial charge is 0.254 e. The summed E-state index contributed by atoms with van der Waals surface area (Å²) in [6.07, 6.45) is 1.67. The van der Waals surface area contributed by atoms with Crippen molar-refractivity contribution in [3.05, 3.63) is 46.8 Å². The number of carbonyl (C=O) groups excluding carboxylic acids is 1. The van der Waals surface area contributed by atoms with Gasteiger partial charge in [0.25, 0.3) is 5.91 Å². The fourth-order valence-corrected chi connectivity index (χ4v) is 4.50. The Balaban J connectivity index is 1.65. The van der Waals surface area contributed by atoms with Crippen molar-refractivity contribution in [2.45, 2.75) is 23.0 Å². The summed E-state index contributed by atoms with van der Waals surface area (Å²) in [5.74, 6) is 0.442. The minimum Gasteiger partial charge on any atom is -0.508 e. The number of primary sulfonamides is 1. The number of piperidine rings is 1. The van der Waals surface area contributed by atoms with E-state index in [-0.39, 0.29) is 15.9 Å². The Hall–Kier alpha value is -1.90. The Kier molecular flexibility index (Phi) is 4.62. The molecule has 1 fully saturated rings. The van der Waals surface area contributed by atoms with E-state index in [4.69, 9.17) is 5.14 Å². The lowest BCUT2D eigenvalue weighted by molar-refractivity contribution is 0.0713. The van der Waals surface area contributed by atoms with Crippen LogP contribution in [-0.4, -0.2) is 37.4 Å². The number of carbonyl (C=O) groups is 1. The first-order chi connectivity index (χ1) is 11.3. The third kappa shape index (κ3) is 3.61. The van der Waals surface area contributed by atoms with Gasteiger partial charge in [-0.05, 0) is 42.5 Å². The molecule has 0 radical (unpaired) electrons. The van der Waals surface area contributed by atoms with Crippen LogP contribution in [0.2, 0.25) is 0 Å². The normalized spacial score (nSPS) is 16.3. The molecule has 1 saturated heterocycles. The van der Waals surface area contributed by atoms with E-state index in [2.05, 4.69) is 0 Å². The van der Waals surface area contributed by atoms with E-state index >= 15 is 0 Å². The topological polar surface area (TPSA) is 101 Å². The van der Waals surface area contributed by atoms with Crippen LogP contribution >= 0.6 is 11.3 Å². The lowest BCUT2D eigenvalue weighted by Gasteiger charge is -2.32. The molecule has 0 bridgehead atoms. The lowest BCUT2D eigenvalue weighted by atomic mass is 9.89. The Bertz CT molecular complexity index is 835. The molecule has 0 aliphatic carbocycles. The third-order valence-electron chi connectivity index (χ3n) is 4.25. The largest absolute Gasteiger partial charge is 0.508 e. The van der Waals surface area contributed by atoms with Crippen LogP contribution in [0.1, 0.15) is 34.7 Å². The predicted octanol–water partition coefficient (Wildman–Crippen LogP) is 2.12. The molecule has 3 rings (SSSR count). The first kappa shape index (κ1) is 16.9. The van der Waals surface area contributed by atoms with Crippen LogP contribution in [0.25, 0.3) is 0 Å². The maximum atomic E-state index is 12.5. The van der Waals surface area contributed by atoms with Crippen molar-refractivity contribution in [2.24, 2.45) is 5.14 Å². The third-order valence-corrected chi connectivity index (χ3v) is 6.64. The lowest BCUT2D eigenvalue weighted by Crippen LogP contribution is -2.37. The number of hydrogen-bond donors (Lipinski definition) is 2. The maximum absolute atomic E-state index is 12.5. The molecular formula is C16H18N2O4S2. The van der Waals surface area contributed by atoms with Gasteiger partial charge in [-0.3, -0.25) is 4.79 Å². The second kappa shape index (κ2) is 6.54. The number of hydrogen-bond acceptors (Lipinski definition) is 5. The van der Waals surface area contributed by atoms with Gasteiger partial charge >= 0.3 is 0 Å². The molecule has 0 spiro atoms. The van der Waals surface area contributed by atoms with Crippen molar-refractivity contribution in [1.82, 2.24) is 4.90 Å². The second-order valence-corrected chi connectivity index (χ2v) is 8.56. The minimum atomic E-state index is -3.77. The number of likely N-dealkylation sites (tertiary alicyclic amines) is 1. The molecule has 1 aromatic heterocycles. The van der Waals surface area contributed by atoms with Crippen LogP contribution < -0.4 is 5.14 Å². The van der Waals surface area contributed by atoms with Crippen LogP contribution in [0, 0.1) is 0 Å².